The van der Waals surface area contributed by atoms with Gasteiger partial charge in [-0.05, 0) is 65.4 Å². The van der Waals surface area contributed by atoms with Gasteiger partial charge in [-0.3, -0.25) is 9.78 Å². The van der Waals surface area contributed by atoms with Crippen molar-refractivity contribution in [3.63, 3.8) is 0 Å². The number of aliphatic carboxylic acids is 1. The van der Waals surface area contributed by atoms with Gasteiger partial charge in [-0.2, -0.15) is 26.3 Å². The normalized spacial score (nSPS) is 13.2. The Kier molecular flexibility index (Phi) is 7.05. The quantitative estimate of drug-likeness (QED) is 0.368. The summed E-state index contributed by atoms with van der Waals surface area (Å²) in [5.41, 5.74) is -0.0170. The largest absolute Gasteiger partial charge is 0.481 e. The predicted molar refractivity (Wildman–Crippen MR) is 115 cm³/mol. The van der Waals surface area contributed by atoms with E-state index in [0.29, 0.717) is 34.9 Å². The van der Waals surface area contributed by atoms with Crippen LogP contribution in [-0.2, 0) is 17.1 Å². The molecule has 0 aliphatic rings. The minimum absolute atomic E-state index is 0.0310. The molecule has 1 atom stereocenters. The number of carboxylic acid groups (broad SMARTS) is 1. The lowest BCUT2D eigenvalue weighted by Gasteiger charge is -2.18. The molecular formula is C25H21F6NO2. The van der Waals surface area contributed by atoms with Crippen molar-refractivity contribution in [3.05, 3.63) is 77.5 Å². The highest BCUT2D eigenvalue weighted by molar-refractivity contribution is 5.80. The Morgan fingerprint density at radius 1 is 0.824 bits per heavy atom. The maximum atomic E-state index is 13.0. The van der Waals surface area contributed by atoms with Gasteiger partial charge in [-0.1, -0.05) is 32.0 Å². The monoisotopic (exact) mass is 481 g/mol. The molecule has 0 amide bonds. The number of rotatable bonds is 6. The van der Waals surface area contributed by atoms with E-state index in [-0.39, 0.29) is 11.6 Å². The molecule has 1 N–H and O–H groups in total. The zero-order valence-corrected chi connectivity index (χ0v) is 18.2. The van der Waals surface area contributed by atoms with Gasteiger partial charge < -0.3 is 5.11 Å². The number of nitrogens with zero attached hydrogens (tertiary/aromatic N) is 1. The second-order valence-electron chi connectivity index (χ2n) is 8.37. The molecule has 1 aromatic heterocycles. The molecule has 9 heteroatoms. The Balaban J connectivity index is 2.14. The number of hydrogen-bond donors (Lipinski definition) is 1. The minimum atomic E-state index is -4.57. The third-order valence-electron chi connectivity index (χ3n) is 5.30. The van der Waals surface area contributed by atoms with E-state index in [1.165, 1.54) is 18.2 Å². The van der Waals surface area contributed by atoms with Crippen LogP contribution in [0.2, 0.25) is 0 Å². The average molecular weight is 481 g/mol. The van der Waals surface area contributed by atoms with Gasteiger partial charge in [0.05, 0.1) is 22.7 Å². The van der Waals surface area contributed by atoms with E-state index in [2.05, 4.69) is 4.98 Å². The molecule has 0 bridgehead atoms. The van der Waals surface area contributed by atoms with Crippen LogP contribution in [0.15, 0.2) is 60.8 Å². The number of carboxylic acids is 1. The molecule has 0 fully saturated rings. The third-order valence-corrected chi connectivity index (χ3v) is 5.30. The molecule has 3 aromatic rings. The van der Waals surface area contributed by atoms with Gasteiger partial charge in [-0.15, -0.1) is 0 Å². The fraction of sp³-hybridized carbons (Fsp3) is 0.280. The summed E-state index contributed by atoms with van der Waals surface area (Å²) in [5.74, 6) is -1.96. The van der Waals surface area contributed by atoms with E-state index < -0.39 is 35.4 Å². The summed E-state index contributed by atoms with van der Waals surface area (Å²) in [7, 11) is 0. The first-order valence-electron chi connectivity index (χ1n) is 10.3. The summed E-state index contributed by atoms with van der Waals surface area (Å²) in [4.78, 5) is 15.9. The first-order valence-corrected chi connectivity index (χ1v) is 10.3. The van der Waals surface area contributed by atoms with Crippen LogP contribution in [0.5, 0.6) is 0 Å². The van der Waals surface area contributed by atoms with Gasteiger partial charge in [0.1, 0.15) is 0 Å². The summed E-state index contributed by atoms with van der Waals surface area (Å²) in [6.45, 7) is 3.71. The first-order chi connectivity index (χ1) is 15.8. The van der Waals surface area contributed by atoms with Crippen molar-refractivity contribution >= 4 is 5.97 Å². The summed E-state index contributed by atoms with van der Waals surface area (Å²) in [5, 5.41) is 9.78. The molecule has 0 radical (unpaired) electrons. The zero-order valence-electron chi connectivity index (χ0n) is 18.2. The second kappa shape index (κ2) is 9.48. The standard InChI is InChI=1S/C25H21F6NO2/c1-14(2)9-21(23(33)34)17-10-16(15-3-5-19(6-4-15)24(26,27)28)11-18(12-17)22-8-7-20(13-32-22)25(29,30)31/h3-8,10-14,21H,9H2,1-2H3,(H,33,34). The number of aromatic nitrogens is 1. The van der Waals surface area contributed by atoms with Crippen LogP contribution in [0.3, 0.4) is 0 Å². The number of pyridine rings is 1. The van der Waals surface area contributed by atoms with Crippen molar-refractivity contribution in [1.82, 2.24) is 4.98 Å². The molecule has 1 unspecified atom stereocenters. The molecule has 0 saturated carbocycles. The van der Waals surface area contributed by atoms with Crippen molar-refractivity contribution in [3.8, 4) is 22.4 Å². The molecule has 0 aliphatic heterocycles. The molecule has 34 heavy (non-hydrogen) atoms. The molecule has 3 nitrogen and oxygen atoms in total. The maximum absolute atomic E-state index is 13.0. The number of halogens is 6. The molecule has 1 heterocycles. The molecule has 0 saturated heterocycles. The molecular weight excluding hydrogens is 460 g/mol. The van der Waals surface area contributed by atoms with Crippen molar-refractivity contribution in [2.75, 3.05) is 0 Å². The number of hydrogen-bond acceptors (Lipinski definition) is 2. The molecule has 0 aliphatic carbocycles. The van der Waals surface area contributed by atoms with Gasteiger partial charge in [0, 0.05) is 11.8 Å². The van der Waals surface area contributed by atoms with Gasteiger partial charge in [-0.25, -0.2) is 0 Å². The third kappa shape index (κ3) is 5.95. The van der Waals surface area contributed by atoms with Crippen LogP contribution in [-0.4, -0.2) is 16.1 Å². The molecule has 0 spiro atoms. The fourth-order valence-electron chi connectivity index (χ4n) is 3.60. The molecule has 180 valence electrons. The Bertz CT molecular complexity index is 1070. The highest BCUT2D eigenvalue weighted by Gasteiger charge is 2.31. The Morgan fingerprint density at radius 2 is 1.38 bits per heavy atom. The Morgan fingerprint density at radius 3 is 1.85 bits per heavy atom. The highest BCUT2D eigenvalue weighted by atomic mass is 19.4. The SMILES string of the molecule is CC(C)CC(C(=O)O)c1cc(-c2ccc(C(F)(F)F)cc2)cc(-c2ccc(C(F)(F)F)cn2)c1. The smallest absolute Gasteiger partial charge is 0.417 e. The Hall–Kier alpha value is -3.36. The van der Waals surface area contributed by atoms with Gasteiger partial charge in [0.15, 0.2) is 0 Å². The lowest BCUT2D eigenvalue weighted by Crippen LogP contribution is -2.14. The van der Waals surface area contributed by atoms with Crippen molar-refractivity contribution in [2.24, 2.45) is 5.92 Å². The van der Waals surface area contributed by atoms with Crippen LogP contribution in [0.1, 0.15) is 42.9 Å². The van der Waals surface area contributed by atoms with Crippen LogP contribution in [0.25, 0.3) is 22.4 Å². The lowest BCUT2D eigenvalue weighted by molar-refractivity contribution is -0.139. The van der Waals surface area contributed by atoms with Crippen LogP contribution in [0, 0.1) is 5.92 Å². The van der Waals surface area contributed by atoms with E-state index in [0.717, 1.165) is 18.2 Å². The van der Waals surface area contributed by atoms with Gasteiger partial charge in [0.2, 0.25) is 0 Å². The van der Waals surface area contributed by atoms with Crippen molar-refractivity contribution in [2.45, 2.75) is 38.5 Å². The lowest BCUT2D eigenvalue weighted by atomic mass is 9.87. The van der Waals surface area contributed by atoms with Crippen LogP contribution < -0.4 is 0 Å². The first kappa shape index (κ1) is 25.3. The van der Waals surface area contributed by atoms with Crippen LogP contribution in [0.4, 0.5) is 26.3 Å². The van der Waals surface area contributed by atoms with Crippen molar-refractivity contribution < 1.29 is 36.2 Å². The van der Waals surface area contributed by atoms with Gasteiger partial charge in [0.25, 0.3) is 0 Å². The van der Waals surface area contributed by atoms with Gasteiger partial charge >= 0.3 is 18.3 Å². The highest BCUT2D eigenvalue weighted by Crippen LogP contribution is 2.36. The number of carbonyl (C=O) groups is 1. The van der Waals surface area contributed by atoms with E-state index in [4.69, 9.17) is 0 Å². The number of alkyl halides is 6. The average Bonchev–Trinajstić information content (AvgIpc) is 2.76. The maximum Gasteiger partial charge on any atom is 0.417 e. The molecule has 3 rings (SSSR count). The topological polar surface area (TPSA) is 50.2 Å². The van der Waals surface area contributed by atoms with Crippen LogP contribution >= 0.6 is 0 Å². The zero-order chi connectivity index (χ0) is 25.3. The van der Waals surface area contributed by atoms with E-state index in [1.54, 1.807) is 18.2 Å². The summed E-state index contributed by atoms with van der Waals surface area (Å²) in [6.07, 6.45) is -8.10. The second-order valence-corrected chi connectivity index (χ2v) is 8.37. The van der Waals surface area contributed by atoms with E-state index >= 15 is 0 Å². The summed E-state index contributed by atoms with van der Waals surface area (Å²) in [6, 6.07) is 11.1. The summed E-state index contributed by atoms with van der Waals surface area (Å²) >= 11 is 0. The molecule has 2 aromatic carbocycles. The minimum Gasteiger partial charge on any atom is -0.481 e. The summed E-state index contributed by atoms with van der Waals surface area (Å²) < 4.78 is 77.6. The Labute approximate surface area is 192 Å². The number of benzene rings is 2. The van der Waals surface area contributed by atoms with Crippen molar-refractivity contribution in [1.29, 1.82) is 0 Å². The predicted octanol–water partition coefficient (Wildman–Crippen LogP) is 7.67. The van der Waals surface area contributed by atoms with E-state index in [9.17, 15) is 36.2 Å². The van der Waals surface area contributed by atoms with E-state index in [1.807, 2.05) is 13.8 Å². The fourth-order valence-corrected chi connectivity index (χ4v) is 3.60.